The van der Waals surface area contributed by atoms with Gasteiger partial charge in [0, 0.05) is 17.5 Å². The maximum absolute atomic E-state index is 12.5. The normalized spacial score (nSPS) is 22.7. The highest BCUT2D eigenvalue weighted by Crippen LogP contribution is 2.22. The smallest absolute Gasteiger partial charge is 0.243 e. The molecule has 1 saturated carbocycles. The fourth-order valence-electron chi connectivity index (χ4n) is 3.55. The lowest BCUT2D eigenvalue weighted by Crippen LogP contribution is -2.49. The summed E-state index contributed by atoms with van der Waals surface area (Å²) in [7, 11) is 0. The predicted octanol–water partition coefficient (Wildman–Crippen LogP) is 2.73. The van der Waals surface area contributed by atoms with Crippen LogP contribution in [-0.4, -0.2) is 35.3 Å². The number of nitrogens with one attached hydrogen (secondary N) is 1. The third-order valence-corrected chi connectivity index (χ3v) is 5.61. The standard InChI is InChI=1S/C17H24N2O2S/c20-16(12-14-8-5-11-22-14)19-10-4-9-15(19)17(21)18-13-6-2-1-3-7-13/h5,8,11,13,15H,1-4,6-7,9-10,12H2,(H,18,21)/t15-/m0/s1. The molecule has 0 spiro atoms. The monoisotopic (exact) mass is 320 g/mol. The van der Waals surface area contributed by atoms with Gasteiger partial charge in [-0.25, -0.2) is 0 Å². The summed E-state index contributed by atoms with van der Waals surface area (Å²) >= 11 is 1.60. The van der Waals surface area contributed by atoms with Crippen LogP contribution in [0.3, 0.4) is 0 Å². The number of amides is 2. The summed E-state index contributed by atoms with van der Waals surface area (Å²) in [4.78, 5) is 27.9. The van der Waals surface area contributed by atoms with E-state index in [-0.39, 0.29) is 17.9 Å². The Bertz CT molecular complexity index is 509. The first kappa shape index (κ1) is 15.5. The molecule has 1 aliphatic heterocycles. The van der Waals surface area contributed by atoms with E-state index in [2.05, 4.69) is 5.32 Å². The maximum Gasteiger partial charge on any atom is 0.243 e. The Hall–Kier alpha value is -1.36. The lowest BCUT2D eigenvalue weighted by atomic mass is 9.95. The van der Waals surface area contributed by atoms with E-state index in [0.717, 1.165) is 30.6 Å². The summed E-state index contributed by atoms with van der Waals surface area (Å²) in [5.74, 6) is 0.146. The van der Waals surface area contributed by atoms with Gasteiger partial charge in [0.05, 0.1) is 6.42 Å². The molecule has 1 aromatic heterocycles. The van der Waals surface area contributed by atoms with E-state index in [1.807, 2.05) is 17.5 Å². The van der Waals surface area contributed by atoms with Gasteiger partial charge < -0.3 is 10.2 Å². The Morgan fingerprint density at radius 1 is 1.18 bits per heavy atom. The number of nitrogens with zero attached hydrogens (tertiary/aromatic N) is 1. The van der Waals surface area contributed by atoms with Gasteiger partial charge in [0.1, 0.15) is 6.04 Å². The van der Waals surface area contributed by atoms with Crippen LogP contribution in [0.15, 0.2) is 17.5 Å². The first-order valence-corrected chi connectivity index (χ1v) is 9.24. The van der Waals surface area contributed by atoms with Crippen molar-refractivity contribution in [1.82, 2.24) is 10.2 Å². The minimum Gasteiger partial charge on any atom is -0.352 e. The molecule has 0 aromatic carbocycles. The zero-order chi connectivity index (χ0) is 15.4. The molecule has 2 fully saturated rings. The molecular formula is C17H24N2O2S. The lowest BCUT2D eigenvalue weighted by molar-refractivity contribution is -0.138. The molecule has 0 radical (unpaired) electrons. The summed E-state index contributed by atoms with van der Waals surface area (Å²) in [5, 5.41) is 5.16. The van der Waals surface area contributed by atoms with E-state index in [1.165, 1.54) is 19.3 Å². The van der Waals surface area contributed by atoms with Crippen LogP contribution in [0.25, 0.3) is 0 Å². The van der Waals surface area contributed by atoms with Crippen molar-refractivity contribution in [3.05, 3.63) is 22.4 Å². The second kappa shape index (κ2) is 7.27. The first-order chi connectivity index (χ1) is 10.7. The molecule has 1 saturated heterocycles. The SMILES string of the molecule is O=C(NC1CCCCC1)[C@@H]1CCCN1C(=O)Cc1cccs1. The summed E-state index contributed by atoms with van der Waals surface area (Å²) in [6.07, 6.45) is 8.01. The van der Waals surface area contributed by atoms with Crippen molar-refractivity contribution in [3.8, 4) is 0 Å². The van der Waals surface area contributed by atoms with Crippen LogP contribution in [0.5, 0.6) is 0 Å². The van der Waals surface area contributed by atoms with E-state index in [9.17, 15) is 9.59 Å². The Kier molecular flexibility index (Phi) is 5.13. The molecule has 1 aliphatic carbocycles. The van der Waals surface area contributed by atoms with Crippen molar-refractivity contribution >= 4 is 23.2 Å². The highest BCUT2D eigenvalue weighted by Gasteiger charge is 2.34. The average Bonchev–Trinajstić information content (AvgIpc) is 3.19. The molecule has 4 nitrogen and oxygen atoms in total. The summed E-state index contributed by atoms with van der Waals surface area (Å²) in [6.45, 7) is 0.715. The highest BCUT2D eigenvalue weighted by atomic mass is 32.1. The molecule has 1 aromatic rings. The largest absolute Gasteiger partial charge is 0.352 e. The lowest BCUT2D eigenvalue weighted by Gasteiger charge is -2.28. The fraction of sp³-hybridized carbons (Fsp3) is 0.647. The average molecular weight is 320 g/mol. The quantitative estimate of drug-likeness (QED) is 0.927. The summed E-state index contributed by atoms with van der Waals surface area (Å²) in [5.41, 5.74) is 0. The van der Waals surface area contributed by atoms with Crippen molar-refractivity contribution in [2.75, 3.05) is 6.54 Å². The van der Waals surface area contributed by atoms with Crippen LogP contribution >= 0.6 is 11.3 Å². The zero-order valence-electron chi connectivity index (χ0n) is 12.9. The molecule has 0 bridgehead atoms. The third kappa shape index (κ3) is 3.69. The molecule has 0 unspecified atom stereocenters. The molecular weight excluding hydrogens is 296 g/mol. The van der Waals surface area contributed by atoms with Gasteiger partial charge >= 0.3 is 0 Å². The molecule has 120 valence electrons. The number of thiophene rings is 1. The maximum atomic E-state index is 12.5. The van der Waals surface area contributed by atoms with Crippen LogP contribution in [0.2, 0.25) is 0 Å². The minimum absolute atomic E-state index is 0.0592. The molecule has 1 N–H and O–H groups in total. The summed E-state index contributed by atoms with van der Waals surface area (Å²) in [6, 6.07) is 4.01. The van der Waals surface area contributed by atoms with E-state index in [4.69, 9.17) is 0 Å². The Morgan fingerprint density at radius 3 is 2.73 bits per heavy atom. The Labute approximate surface area is 135 Å². The third-order valence-electron chi connectivity index (χ3n) is 4.73. The number of carbonyl (C=O) groups excluding carboxylic acids is 2. The van der Waals surface area contributed by atoms with Crippen LogP contribution < -0.4 is 5.32 Å². The van der Waals surface area contributed by atoms with Gasteiger partial charge in [0.15, 0.2) is 0 Å². The molecule has 2 heterocycles. The molecule has 2 amide bonds. The van der Waals surface area contributed by atoms with Crippen molar-refractivity contribution < 1.29 is 9.59 Å². The number of hydrogen-bond acceptors (Lipinski definition) is 3. The van der Waals surface area contributed by atoms with Gasteiger partial charge in [-0.3, -0.25) is 9.59 Å². The number of rotatable bonds is 4. The number of likely N-dealkylation sites (tertiary alicyclic amines) is 1. The van der Waals surface area contributed by atoms with Crippen molar-refractivity contribution in [2.24, 2.45) is 0 Å². The van der Waals surface area contributed by atoms with Crippen molar-refractivity contribution in [2.45, 2.75) is 63.5 Å². The molecule has 1 atom stereocenters. The first-order valence-electron chi connectivity index (χ1n) is 8.36. The molecule has 22 heavy (non-hydrogen) atoms. The highest BCUT2D eigenvalue weighted by molar-refractivity contribution is 7.10. The second-order valence-corrected chi connectivity index (χ2v) is 7.38. The Morgan fingerprint density at radius 2 is 2.00 bits per heavy atom. The zero-order valence-corrected chi connectivity index (χ0v) is 13.7. The van der Waals surface area contributed by atoms with E-state index in [0.29, 0.717) is 19.0 Å². The number of hydrogen-bond donors (Lipinski definition) is 1. The fourth-order valence-corrected chi connectivity index (χ4v) is 4.24. The topological polar surface area (TPSA) is 49.4 Å². The van der Waals surface area contributed by atoms with E-state index >= 15 is 0 Å². The van der Waals surface area contributed by atoms with Gasteiger partial charge in [-0.05, 0) is 37.1 Å². The second-order valence-electron chi connectivity index (χ2n) is 6.34. The molecule has 5 heteroatoms. The van der Waals surface area contributed by atoms with Gasteiger partial charge in [-0.2, -0.15) is 0 Å². The van der Waals surface area contributed by atoms with Crippen molar-refractivity contribution in [1.29, 1.82) is 0 Å². The van der Waals surface area contributed by atoms with Gasteiger partial charge in [-0.15, -0.1) is 11.3 Å². The van der Waals surface area contributed by atoms with Crippen LogP contribution in [0.4, 0.5) is 0 Å². The predicted molar refractivity (Wildman–Crippen MR) is 87.8 cm³/mol. The summed E-state index contributed by atoms with van der Waals surface area (Å²) < 4.78 is 0. The van der Waals surface area contributed by atoms with Crippen molar-refractivity contribution in [3.63, 3.8) is 0 Å². The van der Waals surface area contributed by atoms with Gasteiger partial charge in [0.2, 0.25) is 11.8 Å². The van der Waals surface area contributed by atoms with E-state index < -0.39 is 0 Å². The van der Waals surface area contributed by atoms with Crippen LogP contribution in [-0.2, 0) is 16.0 Å². The molecule has 3 rings (SSSR count). The minimum atomic E-state index is -0.255. The van der Waals surface area contributed by atoms with Crippen LogP contribution in [0.1, 0.15) is 49.8 Å². The van der Waals surface area contributed by atoms with Gasteiger partial charge in [-0.1, -0.05) is 25.3 Å². The van der Waals surface area contributed by atoms with E-state index in [1.54, 1.807) is 16.2 Å². The molecule has 2 aliphatic rings. The number of carbonyl (C=O) groups is 2. The van der Waals surface area contributed by atoms with Crippen LogP contribution in [0, 0.1) is 0 Å². The Balaban J connectivity index is 1.57. The van der Waals surface area contributed by atoms with Gasteiger partial charge in [0.25, 0.3) is 0 Å².